The lowest BCUT2D eigenvalue weighted by Crippen LogP contribution is -2.34. The van der Waals surface area contributed by atoms with Gasteiger partial charge < -0.3 is 11.1 Å². The van der Waals surface area contributed by atoms with Crippen molar-refractivity contribution in [2.45, 2.75) is 25.3 Å². The lowest BCUT2D eigenvalue weighted by atomic mass is 9.98. The van der Waals surface area contributed by atoms with Crippen molar-refractivity contribution in [1.29, 1.82) is 0 Å². The number of nitrogens with zero attached hydrogens (tertiary/aromatic N) is 1. The second-order valence-corrected chi connectivity index (χ2v) is 4.67. The van der Waals surface area contributed by atoms with E-state index in [1.54, 1.807) is 11.3 Å². The van der Waals surface area contributed by atoms with Gasteiger partial charge in [-0.3, -0.25) is 0 Å². The number of thiazole rings is 1. The van der Waals surface area contributed by atoms with Crippen molar-refractivity contribution in [3.05, 3.63) is 23.2 Å². The fraction of sp³-hybridized carbons (Fsp3) is 0.500. The summed E-state index contributed by atoms with van der Waals surface area (Å²) >= 11 is 1.63. The third-order valence-electron chi connectivity index (χ3n) is 2.51. The van der Waals surface area contributed by atoms with Crippen molar-refractivity contribution >= 4 is 16.5 Å². The van der Waals surface area contributed by atoms with Crippen molar-refractivity contribution in [3.63, 3.8) is 0 Å². The van der Waals surface area contributed by atoms with Crippen LogP contribution in [0.25, 0.3) is 0 Å². The molecule has 1 atom stereocenters. The van der Waals surface area contributed by atoms with Crippen LogP contribution in [0.1, 0.15) is 17.0 Å². The zero-order valence-corrected chi connectivity index (χ0v) is 8.94. The van der Waals surface area contributed by atoms with Crippen molar-refractivity contribution in [2.75, 3.05) is 12.3 Å². The Bertz CT molecular complexity index is 332. The van der Waals surface area contributed by atoms with Gasteiger partial charge in [0.1, 0.15) is 0 Å². The van der Waals surface area contributed by atoms with E-state index in [2.05, 4.69) is 16.9 Å². The molecule has 76 valence electrons. The standard InChI is InChI=1S/C10H15N3S/c1-2-5-12-7-3-4-8-9(6-7)14-10(11)13-8/h2,7,12H,1,3-6H2,(H2,11,13). The Kier molecular flexibility index (Phi) is 2.84. The SMILES string of the molecule is C=CCNC1CCc2nc(N)sc2C1. The number of rotatable bonds is 3. The summed E-state index contributed by atoms with van der Waals surface area (Å²) < 4.78 is 0. The third kappa shape index (κ3) is 1.96. The molecule has 3 N–H and O–H groups in total. The molecule has 0 fully saturated rings. The zero-order valence-electron chi connectivity index (χ0n) is 8.12. The predicted molar refractivity (Wildman–Crippen MR) is 60.5 cm³/mol. The van der Waals surface area contributed by atoms with E-state index >= 15 is 0 Å². The topological polar surface area (TPSA) is 50.9 Å². The summed E-state index contributed by atoms with van der Waals surface area (Å²) in [6.45, 7) is 4.58. The molecule has 0 radical (unpaired) electrons. The fourth-order valence-electron chi connectivity index (χ4n) is 1.82. The van der Waals surface area contributed by atoms with E-state index in [0.717, 1.165) is 25.8 Å². The number of hydrogen-bond acceptors (Lipinski definition) is 4. The molecule has 0 spiro atoms. The minimum atomic E-state index is 0.570. The number of anilines is 1. The first kappa shape index (κ1) is 9.68. The van der Waals surface area contributed by atoms with E-state index < -0.39 is 0 Å². The summed E-state index contributed by atoms with van der Waals surface area (Å²) in [4.78, 5) is 5.67. The Labute approximate surface area is 88.0 Å². The summed E-state index contributed by atoms with van der Waals surface area (Å²) in [6, 6.07) is 0.570. The Morgan fingerprint density at radius 3 is 3.36 bits per heavy atom. The molecule has 1 aliphatic rings. The summed E-state index contributed by atoms with van der Waals surface area (Å²) in [5.41, 5.74) is 6.89. The van der Waals surface area contributed by atoms with Crippen LogP contribution in [0.4, 0.5) is 5.13 Å². The van der Waals surface area contributed by atoms with Gasteiger partial charge in [-0.1, -0.05) is 6.08 Å². The highest BCUT2D eigenvalue weighted by Gasteiger charge is 2.20. The molecule has 0 aliphatic heterocycles. The number of aryl methyl sites for hydroxylation is 1. The molecule has 1 aromatic rings. The van der Waals surface area contributed by atoms with Crippen LogP contribution < -0.4 is 11.1 Å². The molecule has 1 aliphatic carbocycles. The first-order chi connectivity index (χ1) is 6.79. The number of nitrogens with two attached hydrogens (primary N) is 1. The van der Waals surface area contributed by atoms with Gasteiger partial charge in [0.15, 0.2) is 5.13 Å². The van der Waals surface area contributed by atoms with E-state index in [9.17, 15) is 0 Å². The van der Waals surface area contributed by atoms with Gasteiger partial charge in [0.05, 0.1) is 5.69 Å². The van der Waals surface area contributed by atoms with Gasteiger partial charge in [-0.15, -0.1) is 17.9 Å². The molecule has 0 saturated heterocycles. The lowest BCUT2D eigenvalue weighted by Gasteiger charge is -2.21. The van der Waals surface area contributed by atoms with Gasteiger partial charge in [-0.25, -0.2) is 4.98 Å². The molecule has 0 amide bonds. The molecule has 0 saturated carbocycles. The molecule has 14 heavy (non-hydrogen) atoms. The minimum absolute atomic E-state index is 0.570. The maximum absolute atomic E-state index is 5.67. The van der Waals surface area contributed by atoms with Gasteiger partial charge in [0.2, 0.25) is 0 Å². The average Bonchev–Trinajstić information content (AvgIpc) is 2.54. The second kappa shape index (κ2) is 4.11. The molecular weight excluding hydrogens is 194 g/mol. The maximum Gasteiger partial charge on any atom is 0.180 e. The van der Waals surface area contributed by atoms with Gasteiger partial charge in [0.25, 0.3) is 0 Å². The smallest absolute Gasteiger partial charge is 0.180 e. The van der Waals surface area contributed by atoms with E-state index in [1.807, 2.05) is 6.08 Å². The quantitative estimate of drug-likeness (QED) is 0.739. The molecular formula is C10H15N3S. The second-order valence-electron chi connectivity index (χ2n) is 3.56. The Morgan fingerprint density at radius 2 is 2.57 bits per heavy atom. The van der Waals surface area contributed by atoms with Crippen LogP contribution in [0.5, 0.6) is 0 Å². The van der Waals surface area contributed by atoms with Crippen LogP contribution in [-0.4, -0.2) is 17.6 Å². The molecule has 4 heteroatoms. The van der Waals surface area contributed by atoms with Crippen molar-refractivity contribution in [2.24, 2.45) is 0 Å². The molecule has 0 aromatic carbocycles. The number of nitrogen functional groups attached to an aromatic ring is 1. The molecule has 1 aromatic heterocycles. The van der Waals surface area contributed by atoms with Crippen LogP contribution >= 0.6 is 11.3 Å². The van der Waals surface area contributed by atoms with Gasteiger partial charge >= 0.3 is 0 Å². The molecule has 2 rings (SSSR count). The van der Waals surface area contributed by atoms with Gasteiger partial charge in [-0.2, -0.15) is 0 Å². The van der Waals surface area contributed by atoms with Gasteiger partial charge in [-0.05, 0) is 19.3 Å². The predicted octanol–water partition coefficient (Wildman–Crippen LogP) is 1.36. The summed E-state index contributed by atoms with van der Waals surface area (Å²) in [5, 5.41) is 4.15. The number of hydrogen-bond donors (Lipinski definition) is 2. The van der Waals surface area contributed by atoms with Crippen LogP contribution in [-0.2, 0) is 12.8 Å². The van der Waals surface area contributed by atoms with Crippen molar-refractivity contribution in [1.82, 2.24) is 10.3 Å². The number of nitrogens with one attached hydrogen (secondary N) is 1. The zero-order chi connectivity index (χ0) is 9.97. The van der Waals surface area contributed by atoms with Crippen LogP contribution in [0, 0.1) is 0 Å². The van der Waals surface area contributed by atoms with E-state index in [0.29, 0.717) is 11.2 Å². The average molecular weight is 209 g/mol. The normalized spacial score (nSPS) is 20.4. The minimum Gasteiger partial charge on any atom is -0.375 e. The Hall–Kier alpha value is -0.870. The lowest BCUT2D eigenvalue weighted by molar-refractivity contribution is 0.480. The first-order valence-electron chi connectivity index (χ1n) is 4.88. The van der Waals surface area contributed by atoms with Crippen LogP contribution in [0.15, 0.2) is 12.7 Å². The largest absolute Gasteiger partial charge is 0.375 e. The monoisotopic (exact) mass is 209 g/mol. The van der Waals surface area contributed by atoms with Crippen LogP contribution in [0.3, 0.4) is 0 Å². The molecule has 1 unspecified atom stereocenters. The first-order valence-corrected chi connectivity index (χ1v) is 5.69. The van der Waals surface area contributed by atoms with Crippen LogP contribution in [0.2, 0.25) is 0 Å². The fourth-order valence-corrected chi connectivity index (χ4v) is 2.78. The molecule has 1 heterocycles. The Morgan fingerprint density at radius 1 is 1.71 bits per heavy atom. The number of aromatic nitrogens is 1. The summed E-state index contributed by atoms with van der Waals surface area (Å²) in [5.74, 6) is 0. The highest BCUT2D eigenvalue weighted by atomic mass is 32.1. The van der Waals surface area contributed by atoms with E-state index in [-0.39, 0.29) is 0 Å². The maximum atomic E-state index is 5.67. The summed E-state index contributed by atoms with van der Waals surface area (Å²) in [6.07, 6.45) is 5.18. The van der Waals surface area contributed by atoms with E-state index in [4.69, 9.17) is 5.73 Å². The Balaban J connectivity index is 2.01. The molecule has 0 bridgehead atoms. The molecule has 3 nitrogen and oxygen atoms in total. The van der Waals surface area contributed by atoms with Crippen molar-refractivity contribution in [3.8, 4) is 0 Å². The third-order valence-corrected chi connectivity index (χ3v) is 3.46. The highest BCUT2D eigenvalue weighted by molar-refractivity contribution is 7.15. The van der Waals surface area contributed by atoms with Gasteiger partial charge in [0, 0.05) is 17.5 Å². The van der Waals surface area contributed by atoms with E-state index in [1.165, 1.54) is 10.6 Å². The number of fused-ring (bicyclic) bond motifs is 1. The summed E-state index contributed by atoms with van der Waals surface area (Å²) in [7, 11) is 0. The van der Waals surface area contributed by atoms with Crippen molar-refractivity contribution < 1.29 is 0 Å². The highest BCUT2D eigenvalue weighted by Crippen LogP contribution is 2.27.